The van der Waals surface area contributed by atoms with Gasteiger partial charge in [0.2, 0.25) is 5.95 Å². The second-order valence-corrected chi connectivity index (χ2v) is 12.0. The standard InChI is InChI=1S/C41H29N3/c1-41-26-29(21-22-36(41)32-14-3-2-13-30(32)31-15-4-7-18-35(31)41)27-11-10-12-28(25-27)37-23-24-42-40(43-37)44-38-19-8-5-16-33(38)34-17-6-9-20-39(34)44/h2-26,36H,1H3. The maximum atomic E-state index is 5.12. The number of nitrogens with zero attached hydrogens (tertiary/aromatic N) is 3. The van der Waals surface area contributed by atoms with E-state index in [1.54, 1.807) is 0 Å². The van der Waals surface area contributed by atoms with Gasteiger partial charge in [0.25, 0.3) is 0 Å². The molecule has 9 rings (SSSR count). The Morgan fingerprint density at radius 2 is 1.34 bits per heavy atom. The fraction of sp³-hybridized carbons (Fsp3) is 0.0732. The smallest absolute Gasteiger partial charge is 0.235 e. The van der Waals surface area contributed by atoms with E-state index in [-0.39, 0.29) is 11.3 Å². The van der Waals surface area contributed by atoms with Crippen LogP contribution in [0.3, 0.4) is 0 Å². The van der Waals surface area contributed by atoms with E-state index in [2.05, 4.69) is 151 Å². The number of allylic oxidation sites excluding steroid dienone is 4. The molecule has 7 aromatic rings. The predicted octanol–water partition coefficient (Wildman–Crippen LogP) is 9.92. The minimum atomic E-state index is -0.149. The average molecular weight is 564 g/mol. The molecule has 0 fully saturated rings. The summed E-state index contributed by atoms with van der Waals surface area (Å²) in [7, 11) is 0. The summed E-state index contributed by atoms with van der Waals surface area (Å²) in [5.74, 6) is 0.964. The molecule has 0 bridgehead atoms. The summed E-state index contributed by atoms with van der Waals surface area (Å²) >= 11 is 0. The summed E-state index contributed by atoms with van der Waals surface area (Å²) in [5.41, 5.74) is 11.9. The van der Waals surface area contributed by atoms with E-state index in [0.29, 0.717) is 5.95 Å². The number of hydrogen-bond donors (Lipinski definition) is 0. The van der Waals surface area contributed by atoms with Crippen molar-refractivity contribution in [2.75, 3.05) is 0 Å². The number of para-hydroxylation sites is 2. The molecule has 208 valence electrons. The van der Waals surface area contributed by atoms with Gasteiger partial charge in [0.1, 0.15) is 0 Å². The molecule has 2 heterocycles. The highest BCUT2D eigenvalue weighted by atomic mass is 15.2. The van der Waals surface area contributed by atoms with Crippen LogP contribution >= 0.6 is 0 Å². The molecule has 5 aromatic carbocycles. The van der Waals surface area contributed by atoms with E-state index in [1.807, 2.05) is 12.3 Å². The lowest BCUT2D eigenvalue weighted by atomic mass is 9.60. The summed E-state index contributed by atoms with van der Waals surface area (Å²) in [5, 5.41) is 2.41. The van der Waals surface area contributed by atoms with E-state index in [9.17, 15) is 0 Å². The molecule has 0 spiro atoms. The summed E-state index contributed by atoms with van der Waals surface area (Å²) in [4.78, 5) is 9.86. The lowest BCUT2D eigenvalue weighted by molar-refractivity contribution is 0.521. The average Bonchev–Trinajstić information content (AvgIpc) is 3.43. The second-order valence-electron chi connectivity index (χ2n) is 12.0. The van der Waals surface area contributed by atoms with Crippen LogP contribution in [-0.2, 0) is 5.41 Å². The van der Waals surface area contributed by atoms with Gasteiger partial charge < -0.3 is 0 Å². The van der Waals surface area contributed by atoms with E-state index in [4.69, 9.17) is 9.97 Å². The zero-order valence-corrected chi connectivity index (χ0v) is 24.4. The predicted molar refractivity (Wildman–Crippen MR) is 181 cm³/mol. The fourth-order valence-electron chi connectivity index (χ4n) is 7.53. The van der Waals surface area contributed by atoms with Crippen molar-refractivity contribution in [2.24, 2.45) is 0 Å². The quantitative estimate of drug-likeness (QED) is 0.214. The van der Waals surface area contributed by atoms with Crippen LogP contribution in [0.4, 0.5) is 0 Å². The van der Waals surface area contributed by atoms with Gasteiger partial charge in [0.15, 0.2) is 0 Å². The molecule has 0 amide bonds. The molecule has 3 heteroatoms. The molecule has 2 aliphatic rings. The van der Waals surface area contributed by atoms with Gasteiger partial charge in [-0.1, -0.05) is 128 Å². The molecule has 3 nitrogen and oxygen atoms in total. The molecular weight excluding hydrogens is 534 g/mol. The van der Waals surface area contributed by atoms with E-state index >= 15 is 0 Å². The molecule has 0 N–H and O–H groups in total. The van der Waals surface area contributed by atoms with E-state index in [0.717, 1.165) is 22.3 Å². The van der Waals surface area contributed by atoms with Gasteiger partial charge in [-0.05, 0) is 57.7 Å². The van der Waals surface area contributed by atoms with Crippen molar-refractivity contribution in [1.82, 2.24) is 14.5 Å². The Labute approximate surface area is 256 Å². The molecule has 2 aromatic heterocycles. The first-order valence-corrected chi connectivity index (χ1v) is 15.2. The number of aromatic nitrogens is 3. The molecule has 2 aliphatic carbocycles. The summed E-state index contributed by atoms with van der Waals surface area (Å²) in [6.45, 7) is 2.39. The highest BCUT2D eigenvalue weighted by Gasteiger charge is 2.42. The molecular formula is C41H29N3. The van der Waals surface area contributed by atoms with E-state index < -0.39 is 0 Å². The van der Waals surface area contributed by atoms with Crippen molar-refractivity contribution >= 4 is 27.4 Å². The van der Waals surface area contributed by atoms with Gasteiger partial charge in [-0.15, -0.1) is 0 Å². The number of benzene rings is 5. The van der Waals surface area contributed by atoms with Crippen LogP contribution in [0.1, 0.15) is 29.5 Å². The van der Waals surface area contributed by atoms with Crippen molar-refractivity contribution < 1.29 is 0 Å². The fourth-order valence-corrected chi connectivity index (χ4v) is 7.53. The van der Waals surface area contributed by atoms with Gasteiger partial charge in [-0.2, -0.15) is 0 Å². The Kier molecular flexibility index (Phi) is 5.39. The summed E-state index contributed by atoms with van der Waals surface area (Å²) < 4.78 is 2.17. The molecule has 0 aliphatic heterocycles. The van der Waals surface area contributed by atoms with Crippen LogP contribution in [0, 0.1) is 0 Å². The van der Waals surface area contributed by atoms with Crippen molar-refractivity contribution in [2.45, 2.75) is 18.3 Å². The summed E-state index contributed by atoms with van der Waals surface area (Å²) in [6.07, 6.45) is 9.06. The van der Waals surface area contributed by atoms with Gasteiger partial charge in [0.05, 0.1) is 16.7 Å². The Bertz CT molecular complexity index is 2270. The Balaban J connectivity index is 1.14. The van der Waals surface area contributed by atoms with Gasteiger partial charge in [0, 0.05) is 33.9 Å². The summed E-state index contributed by atoms with van der Waals surface area (Å²) in [6, 6.07) is 45.5. The Hall–Kier alpha value is -5.54. The van der Waals surface area contributed by atoms with E-state index in [1.165, 1.54) is 44.2 Å². The highest BCUT2D eigenvalue weighted by molar-refractivity contribution is 6.09. The third kappa shape index (κ3) is 3.62. The van der Waals surface area contributed by atoms with Crippen LogP contribution in [0.2, 0.25) is 0 Å². The minimum absolute atomic E-state index is 0.149. The molecule has 2 atom stereocenters. The van der Waals surface area contributed by atoms with Crippen molar-refractivity contribution in [3.8, 4) is 28.3 Å². The third-order valence-electron chi connectivity index (χ3n) is 9.58. The van der Waals surface area contributed by atoms with Crippen LogP contribution in [0.25, 0.3) is 55.7 Å². The first kappa shape index (κ1) is 25.0. The van der Waals surface area contributed by atoms with Crippen molar-refractivity contribution in [1.29, 1.82) is 0 Å². The van der Waals surface area contributed by atoms with Gasteiger partial charge in [-0.3, -0.25) is 4.57 Å². The lowest BCUT2D eigenvalue weighted by Crippen LogP contribution is -2.33. The minimum Gasteiger partial charge on any atom is -0.278 e. The first-order valence-electron chi connectivity index (χ1n) is 15.2. The number of hydrogen-bond acceptors (Lipinski definition) is 2. The Morgan fingerprint density at radius 3 is 2.16 bits per heavy atom. The zero-order chi connectivity index (χ0) is 29.3. The van der Waals surface area contributed by atoms with Crippen LogP contribution in [0.5, 0.6) is 0 Å². The second kappa shape index (κ2) is 9.48. The highest BCUT2D eigenvalue weighted by Crippen LogP contribution is 2.54. The molecule has 0 saturated carbocycles. The number of fused-ring (bicyclic) bond motifs is 9. The topological polar surface area (TPSA) is 30.7 Å². The Morgan fingerprint density at radius 1 is 0.659 bits per heavy atom. The monoisotopic (exact) mass is 563 g/mol. The van der Waals surface area contributed by atoms with Gasteiger partial charge in [-0.25, -0.2) is 9.97 Å². The molecule has 0 radical (unpaired) electrons. The van der Waals surface area contributed by atoms with Gasteiger partial charge >= 0.3 is 0 Å². The molecule has 0 saturated heterocycles. The first-order chi connectivity index (χ1) is 21.7. The molecule has 44 heavy (non-hydrogen) atoms. The maximum absolute atomic E-state index is 5.12. The SMILES string of the molecule is CC12C=C(c3cccc(-c4ccnc(-n5c6ccccc6c6ccccc65)n4)c3)C=CC1c1ccccc1-c1ccccc12. The largest absolute Gasteiger partial charge is 0.278 e. The van der Waals surface area contributed by atoms with Crippen LogP contribution < -0.4 is 0 Å². The lowest BCUT2D eigenvalue weighted by Gasteiger charge is -2.43. The van der Waals surface area contributed by atoms with Crippen LogP contribution in [-0.4, -0.2) is 14.5 Å². The van der Waals surface area contributed by atoms with Crippen LogP contribution in [0.15, 0.2) is 152 Å². The van der Waals surface area contributed by atoms with Crippen molar-refractivity contribution in [3.05, 3.63) is 169 Å². The maximum Gasteiger partial charge on any atom is 0.235 e. The molecule has 2 unspecified atom stereocenters. The third-order valence-corrected chi connectivity index (χ3v) is 9.58. The number of rotatable bonds is 3. The van der Waals surface area contributed by atoms with Crippen molar-refractivity contribution in [3.63, 3.8) is 0 Å². The normalized spacial score (nSPS) is 18.5. The zero-order valence-electron chi connectivity index (χ0n) is 24.4.